The molecule has 1 amide bonds. The fourth-order valence-corrected chi connectivity index (χ4v) is 2.69. The summed E-state index contributed by atoms with van der Waals surface area (Å²) in [7, 11) is 1.37. The summed E-state index contributed by atoms with van der Waals surface area (Å²) in [6.45, 7) is 3.53. The summed E-state index contributed by atoms with van der Waals surface area (Å²) in [5, 5.41) is 0. The highest BCUT2D eigenvalue weighted by Gasteiger charge is 2.23. The molecule has 0 unspecified atom stereocenters. The van der Waals surface area contributed by atoms with Gasteiger partial charge in [0.1, 0.15) is 0 Å². The summed E-state index contributed by atoms with van der Waals surface area (Å²) < 4.78 is 4.61. The number of rotatable bonds is 7. The second kappa shape index (κ2) is 7.78. The van der Waals surface area contributed by atoms with Gasteiger partial charge in [0.25, 0.3) is 0 Å². The Morgan fingerprint density at radius 1 is 1.27 bits per heavy atom. The van der Waals surface area contributed by atoms with Gasteiger partial charge >= 0.3 is 5.97 Å². The van der Waals surface area contributed by atoms with Crippen LogP contribution in [0.1, 0.15) is 30.4 Å². The van der Waals surface area contributed by atoms with E-state index in [1.807, 2.05) is 17.0 Å². The van der Waals surface area contributed by atoms with Crippen molar-refractivity contribution in [2.75, 3.05) is 20.2 Å². The van der Waals surface area contributed by atoms with Crippen molar-refractivity contribution in [2.45, 2.75) is 32.6 Å². The van der Waals surface area contributed by atoms with Crippen molar-refractivity contribution in [1.82, 2.24) is 4.90 Å². The topological polar surface area (TPSA) is 46.6 Å². The molecular formula is C18H23NO3. The molecule has 118 valence electrons. The van der Waals surface area contributed by atoms with Crippen molar-refractivity contribution < 1.29 is 14.3 Å². The molecule has 1 heterocycles. The van der Waals surface area contributed by atoms with E-state index >= 15 is 0 Å². The van der Waals surface area contributed by atoms with Crippen molar-refractivity contribution in [2.24, 2.45) is 0 Å². The van der Waals surface area contributed by atoms with Gasteiger partial charge in [0.2, 0.25) is 5.91 Å². The molecule has 0 atom stereocenters. The van der Waals surface area contributed by atoms with Crippen LogP contribution in [0.2, 0.25) is 0 Å². The number of ether oxygens (including phenoxy) is 1. The van der Waals surface area contributed by atoms with E-state index in [4.69, 9.17) is 0 Å². The Hall–Kier alpha value is -2.10. The molecule has 0 aliphatic carbocycles. The number of esters is 1. The summed E-state index contributed by atoms with van der Waals surface area (Å²) in [5.74, 6) is -0.208. The fourth-order valence-electron chi connectivity index (χ4n) is 2.69. The maximum atomic E-state index is 12.2. The summed E-state index contributed by atoms with van der Waals surface area (Å²) in [5.41, 5.74) is 3.38. The van der Waals surface area contributed by atoms with E-state index in [0.29, 0.717) is 13.0 Å². The summed E-state index contributed by atoms with van der Waals surface area (Å²) in [6, 6.07) is 8.35. The van der Waals surface area contributed by atoms with E-state index < -0.39 is 0 Å². The molecule has 0 N–H and O–H groups in total. The third kappa shape index (κ3) is 4.20. The third-order valence-corrected chi connectivity index (χ3v) is 4.08. The van der Waals surface area contributed by atoms with Crippen LogP contribution < -0.4 is 0 Å². The van der Waals surface area contributed by atoms with Crippen LogP contribution in [0.5, 0.6) is 0 Å². The van der Waals surface area contributed by atoms with E-state index in [0.717, 1.165) is 25.0 Å². The first kappa shape index (κ1) is 16.3. The number of carbonyl (C=O) groups excluding carboxylic acids is 2. The molecule has 4 heteroatoms. The molecule has 2 rings (SSSR count). The number of methoxy groups -OCH3 is 1. The van der Waals surface area contributed by atoms with E-state index in [9.17, 15) is 9.59 Å². The third-order valence-electron chi connectivity index (χ3n) is 4.08. The number of benzene rings is 1. The van der Waals surface area contributed by atoms with Gasteiger partial charge in [-0.2, -0.15) is 0 Å². The zero-order valence-corrected chi connectivity index (χ0v) is 13.3. The number of carbonyl (C=O) groups is 2. The lowest BCUT2D eigenvalue weighted by molar-refractivity contribution is -0.140. The van der Waals surface area contributed by atoms with E-state index in [-0.39, 0.29) is 18.3 Å². The van der Waals surface area contributed by atoms with Gasteiger partial charge in [-0.1, -0.05) is 30.3 Å². The molecule has 0 spiro atoms. The van der Waals surface area contributed by atoms with Crippen LogP contribution in [-0.2, 0) is 20.7 Å². The van der Waals surface area contributed by atoms with Crippen LogP contribution in [0.4, 0.5) is 0 Å². The number of hydrogen-bond donors (Lipinski definition) is 0. The molecule has 1 aromatic carbocycles. The lowest BCUT2D eigenvalue weighted by Gasteiger charge is -2.17. The molecule has 0 radical (unpaired) electrons. The zero-order valence-electron chi connectivity index (χ0n) is 13.3. The SMILES string of the molecule is COC(=O)CCC1=CCN(CCCc2ccccc2C)C1=O. The first-order chi connectivity index (χ1) is 10.6. The second-order valence-corrected chi connectivity index (χ2v) is 5.59. The normalized spacial score (nSPS) is 14.2. The van der Waals surface area contributed by atoms with E-state index in [1.54, 1.807) is 0 Å². The standard InChI is InChI=1S/C18H23NO3/c1-14-6-3-4-7-15(14)8-5-12-19-13-11-16(18(19)21)9-10-17(20)22-2/h3-4,6-7,11H,5,8-10,12-13H2,1-2H3. The van der Waals surface area contributed by atoms with Crippen LogP contribution in [0.3, 0.4) is 0 Å². The predicted molar refractivity (Wildman–Crippen MR) is 85.4 cm³/mol. The van der Waals surface area contributed by atoms with Crippen LogP contribution in [0.15, 0.2) is 35.9 Å². The van der Waals surface area contributed by atoms with Crippen LogP contribution in [0.25, 0.3) is 0 Å². The molecular weight excluding hydrogens is 278 g/mol. The Kier molecular flexibility index (Phi) is 5.75. The molecule has 22 heavy (non-hydrogen) atoms. The largest absolute Gasteiger partial charge is 0.469 e. The highest BCUT2D eigenvalue weighted by Crippen LogP contribution is 2.18. The summed E-state index contributed by atoms with van der Waals surface area (Å²) in [6.07, 6.45) is 4.60. The number of hydrogen-bond acceptors (Lipinski definition) is 3. The van der Waals surface area contributed by atoms with Gasteiger partial charge in [-0.05, 0) is 37.3 Å². The van der Waals surface area contributed by atoms with Crippen LogP contribution >= 0.6 is 0 Å². The first-order valence-corrected chi connectivity index (χ1v) is 7.71. The molecule has 4 nitrogen and oxygen atoms in total. The Bertz CT molecular complexity index is 577. The molecule has 1 aromatic rings. The maximum absolute atomic E-state index is 12.2. The lowest BCUT2D eigenvalue weighted by Crippen LogP contribution is -2.28. The average molecular weight is 301 g/mol. The van der Waals surface area contributed by atoms with Gasteiger partial charge in [0.05, 0.1) is 7.11 Å². The smallest absolute Gasteiger partial charge is 0.305 e. The Labute approximate surface area is 131 Å². The Morgan fingerprint density at radius 3 is 2.77 bits per heavy atom. The molecule has 0 bridgehead atoms. The second-order valence-electron chi connectivity index (χ2n) is 5.59. The molecule has 0 saturated carbocycles. The van der Waals surface area contributed by atoms with Crippen molar-refractivity contribution in [3.05, 3.63) is 47.0 Å². The minimum atomic E-state index is -0.272. The lowest BCUT2D eigenvalue weighted by atomic mass is 10.0. The average Bonchev–Trinajstić information content (AvgIpc) is 2.87. The molecule has 1 aliphatic rings. The molecule has 0 fully saturated rings. The van der Waals surface area contributed by atoms with Gasteiger partial charge in [-0.15, -0.1) is 0 Å². The zero-order chi connectivity index (χ0) is 15.9. The fraction of sp³-hybridized carbons (Fsp3) is 0.444. The quantitative estimate of drug-likeness (QED) is 0.727. The molecule has 1 aliphatic heterocycles. The van der Waals surface area contributed by atoms with Gasteiger partial charge in [0, 0.05) is 25.1 Å². The Morgan fingerprint density at radius 2 is 2.05 bits per heavy atom. The first-order valence-electron chi connectivity index (χ1n) is 7.71. The molecule has 0 aromatic heterocycles. The minimum Gasteiger partial charge on any atom is -0.469 e. The van der Waals surface area contributed by atoms with E-state index in [2.05, 4.69) is 29.9 Å². The maximum Gasteiger partial charge on any atom is 0.305 e. The Balaban J connectivity index is 1.75. The predicted octanol–water partition coefficient (Wildman–Crippen LogP) is 2.65. The van der Waals surface area contributed by atoms with Gasteiger partial charge in [-0.3, -0.25) is 9.59 Å². The number of amides is 1. The van der Waals surface area contributed by atoms with E-state index in [1.165, 1.54) is 18.2 Å². The van der Waals surface area contributed by atoms with Crippen molar-refractivity contribution in [3.63, 3.8) is 0 Å². The minimum absolute atomic E-state index is 0.0636. The van der Waals surface area contributed by atoms with Gasteiger partial charge in [0.15, 0.2) is 0 Å². The number of aryl methyl sites for hydroxylation is 2. The number of nitrogens with zero attached hydrogens (tertiary/aromatic N) is 1. The highest BCUT2D eigenvalue weighted by atomic mass is 16.5. The van der Waals surface area contributed by atoms with Gasteiger partial charge in [-0.25, -0.2) is 0 Å². The summed E-state index contributed by atoms with van der Waals surface area (Å²) in [4.78, 5) is 25.2. The summed E-state index contributed by atoms with van der Waals surface area (Å²) >= 11 is 0. The molecule has 0 saturated heterocycles. The van der Waals surface area contributed by atoms with Crippen molar-refractivity contribution in [1.29, 1.82) is 0 Å². The van der Waals surface area contributed by atoms with Crippen molar-refractivity contribution in [3.8, 4) is 0 Å². The van der Waals surface area contributed by atoms with Crippen molar-refractivity contribution >= 4 is 11.9 Å². The van der Waals surface area contributed by atoms with Crippen LogP contribution in [-0.4, -0.2) is 37.0 Å². The highest BCUT2D eigenvalue weighted by molar-refractivity contribution is 5.96. The van der Waals surface area contributed by atoms with Crippen LogP contribution in [0, 0.1) is 6.92 Å². The van der Waals surface area contributed by atoms with Gasteiger partial charge < -0.3 is 9.64 Å². The monoisotopic (exact) mass is 301 g/mol.